The molecule has 0 saturated carbocycles. The Labute approximate surface area is 151 Å². The van der Waals surface area contributed by atoms with Crippen LogP contribution in [0, 0.1) is 6.92 Å². The zero-order chi connectivity index (χ0) is 18.8. The number of thiophene rings is 1. The van der Waals surface area contributed by atoms with Crippen molar-refractivity contribution in [2.75, 3.05) is 11.9 Å². The number of nitrogens with one attached hydrogen (secondary N) is 1. The summed E-state index contributed by atoms with van der Waals surface area (Å²) >= 11 is 0.924. The number of nitrogens with zero attached hydrogens (tertiary/aromatic N) is 2. The molecule has 4 rings (SSSR count). The highest BCUT2D eigenvalue weighted by molar-refractivity contribution is 7.21. The zero-order valence-corrected chi connectivity index (χ0v) is 15.0. The number of hydrogen-bond acceptors (Lipinski definition) is 4. The highest BCUT2D eigenvalue weighted by atomic mass is 32.1. The Hall–Kier alpha value is -2.16. The van der Waals surface area contributed by atoms with Crippen molar-refractivity contribution in [3.05, 3.63) is 21.7 Å². The first-order valence-corrected chi connectivity index (χ1v) is 9.20. The minimum Gasteiger partial charge on any atom is -0.326 e. The Morgan fingerprint density at radius 2 is 2.08 bits per heavy atom. The highest BCUT2D eigenvalue weighted by Gasteiger charge is 2.43. The zero-order valence-electron chi connectivity index (χ0n) is 14.2. The normalized spacial score (nSPS) is 20.2. The fraction of sp³-hybridized carbons (Fsp3) is 0.471. The van der Waals surface area contributed by atoms with E-state index in [-0.39, 0.29) is 26.3 Å². The molecule has 1 saturated heterocycles. The molecule has 0 radical (unpaired) electrons. The third-order valence-electron chi connectivity index (χ3n) is 5.06. The van der Waals surface area contributed by atoms with E-state index in [0.717, 1.165) is 11.3 Å². The van der Waals surface area contributed by atoms with E-state index in [1.165, 1.54) is 11.8 Å². The van der Waals surface area contributed by atoms with Gasteiger partial charge in [0.15, 0.2) is 0 Å². The Kier molecular flexibility index (Phi) is 3.76. The minimum atomic E-state index is -4.61. The second-order valence-electron chi connectivity index (χ2n) is 6.54. The van der Waals surface area contributed by atoms with Gasteiger partial charge < -0.3 is 10.2 Å². The first-order chi connectivity index (χ1) is 12.2. The van der Waals surface area contributed by atoms with Gasteiger partial charge in [-0.25, -0.2) is 4.98 Å². The topological polar surface area (TPSA) is 62.3 Å². The van der Waals surface area contributed by atoms with Gasteiger partial charge in [-0.15, -0.1) is 11.3 Å². The van der Waals surface area contributed by atoms with E-state index in [1.807, 2.05) is 0 Å². The van der Waals surface area contributed by atoms with Crippen LogP contribution >= 0.6 is 11.3 Å². The molecule has 2 aliphatic heterocycles. The molecule has 1 N–H and O–H groups in total. The van der Waals surface area contributed by atoms with Crippen molar-refractivity contribution in [1.82, 2.24) is 9.88 Å². The molecule has 138 valence electrons. The van der Waals surface area contributed by atoms with Gasteiger partial charge >= 0.3 is 6.18 Å². The van der Waals surface area contributed by atoms with Gasteiger partial charge in [0, 0.05) is 17.6 Å². The van der Waals surface area contributed by atoms with Crippen LogP contribution in [0.25, 0.3) is 10.2 Å². The van der Waals surface area contributed by atoms with E-state index >= 15 is 0 Å². The number of rotatable bonds is 1. The van der Waals surface area contributed by atoms with Crippen LogP contribution in [-0.4, -0.2) is 34.3 Å². The van der Waals surface area contributed by atoms with E-state index in [1.54, 1.807) is 6.92 Å². The quantitative estimate of drug-likeness (QED) is 0.816. The third-order valence-corrected chi connectivity index (χ3v) is 6.13. The van der Waals surface area contributed by atoms with Crippen LogP contribution in [0.4, 0.5) is 18.9 Å². The lowest BCUT2D eigenvalue weighted by Crippen LogP contribution is -2.40. The van der Waals surface area contributed by atoms with Crippen LogP contribution in [-0.2, 0) is 17.4 Å². The van der Waals surface area contributed by atoms with Crippen molar-refractivity contribution in [2.24, 2.45) is 0 Å². The van der Waals surface area contributed by atoms with Gasteiger partial charge in [0.1, 0.15) is 15.7 Å². The number of anilines is 1. The van der Waals surface area contributed by atoms with Gasteiger partial charge in [-0.3, -0.25) is 9.59 Å². The third kappa shape index (κ3) is 2.33. The lowest BCUT2D eigenvalue weighted by Gasteiger charge is -2.19. The van der Waals surface area contributed by atoms with Crippen molar-refractivity contribution in [1.29, 1.82) is 0 Å². The smallest absolute Gasteiger partial charge is 0.326 e. The van der Waals surface area contributed by atoms with Gasteiger partial charge in [-0.05, 0) is 31.7 Å². The number of carbonyl (C=O) groups is 2. The number of carbonyl (C=O) groups excluding carboxylic acids is 2. The number of hydrogen-bond donors (Lipinski definition) is 1. The number of pyridine rings is 1. The second-order valence-corrected chi connectivity index (χ2v) is 7.54. The molecule has 1 fully saturated rings. The Morgan fingerprint density at radius 1 is 1.35 bits per heavy atom. The number of aryl methyl sites for hydroxylation is 1. The molecule has 0 aliphatic carbocycles. The summed E-state index contributed by atoms with van der Waals surface area (Å²) in [6.45, 7) is 3.56. The summed E-state index contributed by atoms with van der Waals surface area (Å²) in [6, 6.07) is -0.615. The maximum atomic E-state index is 13.8. The predicted molar refractivity (Wildman–Crippen MR) is 91.4 cm³/mol. The van der Waals surface area contributed by atoms with Crippen LogP contribution in [0.1, 0.15) is 46.3 Å². The molecule has 2 aromatic rings. The van der Waals surface area contributed by atoms with E-state index in [9.17, 15) is 22.8 Å². The summed E-state index contributed by atoms with van der Waals surface area (Å²) in [5.74, 6) is -0.827. The SMILES string of the molecule is CCc1nc2sc3c(c2c(C(F)(F)F)c1C)NC(=O)[C@H]1CCCN1C3=O. The molecule has 0 aromatic carbocycles. The Balaban J connectivity index is 2.06. The van der Waals surface area contributed by atoms with Gasteiger partial charge in [0.2, 0.25) is 5.91 Å². The molecular formula is C17H16F3N3O2S. The van der Waals surface area contributed by atoms with Crippen molar-refractivity contribution in [3.8, 4) is 0 Å². The fourth-order valence-corrected chi connectivity index (χ4v) is 4.97. The van der Waals surface area contributed by atoms with Crippen LogP contribution in [0.15, 0.2) is 0 Å². The van der Waals surface area contributed by atoms with Gasteiger partial charge in [-0.1, -0.05) is 6.92 Å². The van der Waals surface area contributed by atoms with Gasteiger partial charge in [-0.2, -0.15) is 13.2 Å². The molecule has 4 heterocycles. The summed E-state index contributed by atoms with van der Waals surface area (Å²) in [5, 5.41) is 2.42. The van der Waals surface area contributed by atoms with E-state index in [2.05, 4.69) is 10.3 Å². The summed E-state index contributed by atoms with van der Waals surface area (Å²) in [6.07, 6.45) is -3.04. The Morgan fingerprint density at radius 3 is 2.73 bits per heavy atom. The molecule has 1 atom stereocenters. The van der Waals surface area contributed by atoms with Crippen molar-refractivity contribution < 1.29 is 22.8 Å². The molecule has 0 bridgehead atoms. The molecule has 5 nitrogen and oxygen atoms in total. The standard InChI is InChI=1S/C17H16F3N3O2S/c1-3-8-7(2)11(17(18,19)20)10-12-13(26-15(10)21-8)16(25)23-6-4-5-9(23)14(24)22-12/h9H,3-6H2,1-2H3,(H,22,24)/t9-/m1/s1. The number of aromatic nitrogens is 1. The van der Waals surface area contributed by atoms with E-state index < -0.39 is 29.6 Å². The molecule has 2 amide bonds. The van der Waals surface area contributed by atoms with Crippen molar-refractivity contribution >= 4 is 39.1 Å². The predicted octanol–water partition coefficient (Wildman–Crippen LogP) is 3.74. The molecule has 2 aliphatic rings. The molecule has 0 unspecified atom stereocenters. The maximum Gasteiger partial charge on any atom is 0.417 e. The minimum absolute atomic E-state index is 0.0412. The molecule has 0 spiro atoms. The average Bonchev–Trinajstić information content (AvgIpc) is 3.15. The Bertz CT molecular complexity index is 951. The van der Waals surface area contributed by atoms with E-state index in [4.69, 9.17) is 0 Å². The second kappa shape index (κ2) is 5.67. The monoisotopic (exact) mass is 383 g/mol. The molecule has 9 heteroatoms. The lowest BCUT2D eigenvalue weighted by atomic mass is 10.0. The number of alkyl halides is 3. The first-order valence-electron chi connectivity index (χ1n) is 8.39. The highest BCUT2D eigenvalue weighted by Crippen LogP contribution is 2.47. The maximum absolute atomic E-state index is 13.8. The summed E-state index contributed by atoms with van der Waals surface area (Å²) in [7, 11) is 0. The number of fused-ring (bicyclic) bond motifs is 4. The largest absolute Gasteiger partial charge is 0.417 e. The molecular weight excluding hydrogens is 367 g/mol. The van der Waals surface area contributed by atoms with Crippen molar-refractivity contribution in [2.45, 2.75) is 45.3 Å². The average molecular weight is 383 g/mol. The van der Waals surface area contributed by atoms with Gasteiger partial charge in [0.25, 0.3) is 5.91 Å². The first kappa shape index (κ1) is 17.3. The van der Waals surface area contributed by atoms with Crippen LogP contribution < -0.4 is 5.32 Å². The van der Waals surface area contributed by atoms with Crippen LogP contribution in [0.5, 0.6) is 0 Å². The number of amides is 2. The fourth-order valence-electron chi connectivity index (χ4n) is 3.86. The molecule has 2 aromatic heterocycles. The molecule has 26 heavy (non-hydrogen) atoms. The van der Waals surface area contributed by atoms with Crippen LogP contribution in [0.2, 0.25) is 0 Å². The summed E-state index contributed by atoms with van der Waals surface area (Å²) in [4.78, 5) is 31.4. The van der Waals surface area contributed by atoms with Gasteiger partial charge in [0.05, 0.1) is 11.3 Å². The van der Waals surface area contributed by atoms with Crippen molar-refractivity contribution in [3.63, 3.8) is 0 Å². The van der Waals surface area contributed by atoms with E-state index in [0.29, 0.717) is 31.5 Å². The lowest BCUT2D eigenvalue weighted by molar-refractivity contribution is -0.136. The summed E-state index contributed by atoms with van der Waals surface area (Å²) in [5.41, 5.74) is -0.467. The van der Waals surface area contributed by atoms with Crippen LogP contribution in [0.3, 0.4) is 0 Å². The number of halogens is 3. The summed E-state index contributed by atoms with van der Waals surface area (Å²) < 4.78 is 41.5.